The number of ether oxygens (including phenoxy) is 2. The maximum Gasteiger partial charge on any atom is 0.231 e. The van der Waals surface area contributed by atoms with Crippen LogP contribution >= 0.6 is 24.0 Å². The Balaban J connectivity index is 0.00000240. The predicted molar refractivity (Wildman–Crippen MR) is 123 cm³/mol. The zero-order valence-electron chi connectivity index (χ0n) is 16.1. The zero-order chi connectivity index (χ0) is 19.3. The van der Waals surface area contributed by atoms with Crippen LogP contribution in [-0.4, -0.2) is 37.9 Å². The van der Waals surface area contributed by atoms with E-state index in [0.717, 1.165) is 59.9 Å². The standard InChI is InChI=1S/C21H23FN4O2.HI/c1-23-21(24-8-6-14-2-5-19-20(10-14)28-13-27-19)25-9-7-15-12-26-18-11-16(22)3-4-17(15)18;/h2-5,10-12,26H,6-9,13H2,1H3,(H2,23,24,25);1H. The number of guanidine groups is 1. The highest BCUT2D eigenvalue weighted by Crippen LogP contribution is 2.32. The molecule has 0 bridgehead atoms. The van der Waals surface area contributed by atoms with Gasteiger partial charge in [-0.05, 0) is 54.3 Å². The number of aromatic amines is 1. The number of aromatic nitrogens is 1. The maximum atomic E-state index is 13.3. The van der Waals surface area contributed by atoms with E-state index in [1.165, 1.54) is 17.7 Å². The van der Waals surface area contributed by atoms with E-state index in [4.69, 9.17) is 9.47 Å². The van der Waals surface area contributed by atoms with E-state index in [9.17, 15) is 4.39 Å². The number of H-pyrrole nitrogens is 1. The van der Waals surface area contributed by atoms with Gasteiger partial charge in [-0.3, -0.25) is 4.99 Å². The van der Waals surface area contributed by atoms with Crippen molar-refractivity contribution >= 4 is 40.8 Å². The number of aliphatic imine (C=N–C) groups is 1. The molecule has 6 nitrogen and oxygen atoms in total. The van der Waals surface area contributed by atoms with Gasteiger partial charge in [-0.15, -0.1) is 24.0 Å². The van der Waals surface area contributed by atoms with Crippen LogP contribution in [0.3, 0.4) is 0 Å². The highest BCUT2D eigenvalue weighted by molar-refractivity contribution is 14.0. The van der Waals surface area contributed by atoms with Crippen molar-refractivity contribution in [2.45, 2.75) is 12.8 Å². The monoisotopic (exact) mass is 510 g/mol. The summed E-state index contributed by atoms with van der Waals surface area (Å²) in [5, 5.41) is 7.69. The van der Waals surface area contributed by atoms with Gasteiger partial charge in [-0.25, -0.2) is 4.39 Å². The second kappa shape index (κ2) is 9.82. The van der Waals surface area contributed by atoms with Crippen molar-refractivity contribution in [3.05, 3.63) is 59.5 Å². The topological polar surface area (TPSA) is 70.7 Å². The number of hydrogen-bond acceptors (Lipinski definition) is 3. The van der Waals surface area contributed by atoms with Gasteiger partial charge in [-0.2, -0.15) is 0 Å². The average Bonchev–Trinajstić information content (AvgIpc) is 3.33. The highest BCUT2D eigenvalue weighted by Gasteiger charge is 2.13. The van der Waals surface area contributed by atoms with E-state index in [0.29, 0.717) is 6.79 Å². The fraction of sp³-hybridized carbons (Fsp3) is 0.286. The van der Waals surface area contributed by atoms with Crippen LogP contribution in [0.25, 0.3) is 10.9 Å². The molecule has 29 heavy (non-hydrogen) atoms. The van der Waals surface area contributed by atoms with E-state index in [1.807, 2.05) is 30.5 Å². The summed E-state index contributed by atoms with van der Waals surface area (Å²) in [6, 6.07) is 10.8. The lowest BCUT2D eigenvalue weighted by Gasteiger charge is -2.12. The molecule has 1 aliphatic rings. The molecule has 0 radical (unpaired) electrons. The van der Waals surface area contributed by atoms with Gasteiger partial charge in [0.05, 0.1) is 0 Å². The number of benzene rings is 2. The average molecular weight is 510 g/mol. The molecule has 2 heterocycles. The second-order valence-electron chi connectivity index (χ2n) is 6.62. The summed E-state index contributed by atoms with van der Waals surface area (Å²) in [6.45, 7) is 1.78. The molecule has 0 fully saturated rings. The molecule has 0 saturated carbocycles. The predicted octanol–water partition coefficient (Wildman–Crippen LogP) is 3.60. The van der Waals surface area contributed by atoms with Crippen molar-refractivity contribution in [3.63, 3.8) is 0 Å². The van der Waals surface area contributed by atoms with Gasteiger partial charge in [0.15, 0.2) is 17.5 Å². The van der Waals surface area contributed by atoms with Gasteiger partial charge in [0, 0.05) is 37.2 Å². The van der Waals surface area contributed by atoms with Crippen LogP contribution in [0.1, 0.15) is 11.1 Å². The van der Waals surface area contributed by atoms with Crippen LogP contribution in [0.2, 0.25) is 0 Å². The summed E-state index contributed by atoms with van der Waals surface area (Å²) in [5.74, 6) is 2.13. The number of hydrogen-bond donors (Lipinski definition) is 3. The SMILES string of the molecule is CN=C(NCCc1ccc2c(c1)OCO2)NCCc1c[nH]c2cc(F)ccc12.I. The second-order valence-corrected chi connectivity index (χ2v) is 6.62. The van der Waals surface area contributed by atoms with Crippen LogP contribution in [0.15, 0.2) is 47.6 Å². The molecule has 3 N–H and O–H groups in total. The highest BCUT2D eigenvalue weighted by atomic mass is 127. The molecular formula is C21H24FIN4O2. The minimum atomic E-state index is -0.230. The Labute approximate surface area is 185 Å². The minimum absolute atomic E-state index is 0. The van der Waals surface area contributed by atoms with E-state index in [1.54, 1.807) is 7.05 Å². The Morgan fingerprint density at radius 2 is 1.86 bits per heavy atom. The summed E-state index contributed by atoms with van der Waals surface area (Å²) in [6.07, 6.45) is 3.60. The molecule has 0 unspecified atom stereocenters. The number of nitrogens with one attached hydrogen (secondary N) is 3. The normalized spacial score (nSPS) is 12.7. The molecule has 3 aromatic rings. The van der Waals surface area contributed by atoms with Gasteiger partial charge in [0.2, 0.25) is 6.79 Å². The third-order valence-corrected chi connectivity index (χ3v) is 4.78. The molecule has 4 rings (SSSR count). The number of nitrogens with zero attached hydrogens (tertiary/aromatic N) is 1. The summed E-state index contributed by atoms with van der Waals surface area (Å²) in [4.78, 5) is 7.38. The Morgan fingerprint density at radius 1 is 1.07 bits per heavy atom. The molecule has 1 aromatic heterocycles. The Morgan fingerprint density at radius 3 is 2.69 bits per heavy atom. The summed E-state index contributed by atoms with van der Waals surface area (Å²) in [5.41, 5.74) is 3.15. The lowest BCUT2D eigenvalue weighted by molar-refractivity contribution is 0.174. The van der Waals surface area contributed by atoms with E-state index in [-0.39, 0.29) is 29.8 Å². The Bertz CT molecular complexity index is 1010. The van der Waals surface area contributed by atoms with E-state index in [2.05, 4.69) is 20.6 Å². The smallest absolute Gasteiger partial charge is 0.231 e. The maximum absolute atomic E-state index is 13.3. The molecule has 0 saturated heterocycles. The van der Waals surface area contributed by atoms with Gasteiger partial charge in [-0.1, -0.05) is 6.07 Å². The summed E-state index contributed by atoms with van der Waals surface area (Å²) in [7, 11) is 1.75. The van der Waals surface area contributed by atoms with Gasteiger partial charge in [0.1, 0.15) is 5.82 Å². The van der Waals surface area contributed by atoms with Gasteiger partial charge in [0.25, 0.3) is 0 Å². The molecule has 154 valence electrons. The van der Waals surface area contributed by atoms with E-state index >= 15 is 0 Å². The molecule has 0 spiro atoms. The lowest BCUT2D eigenvalue weighted by Crippen LogP contribution is -2.39. The van der Waals surface area contributed by atoms with Crippen molar-refractivity contribution in [2.24, 2.45) is 4.99 Å². The first kappa shape index (κ1) is 21.2. The largest absolute Gasteiger partial charge is 0.454 e. The Hall–Kier alpha value is -2.49. The Kier molecular flexibility index (Phi) is 7.18. The van der Waals surface area contributed by atoms with Gasteiger partial charge >= 0.3 is 0 Å². The summed E-state index contributed by atoms with van der Waals surface area (Å²) < 4.78 is 24.0. The number of rotatable bonds is 6. The molecular weight excluding hydrogens is 486 g/mol. The van der Waals surface area contributed by atoms with E-state index < -0.39 is 0 Å². The fourth-order valence-corrected chi connectivity index (χ4v) is 3.32. The van der Waals surface area contributed by atoms with Crippen molar-refractivity contribution in [1.29, 1.82) is 0 Å². The van der Waals surface area contributed by atoms with Crippen LogP contribution in [0.4, 0.5) is 4.39 Å². The van der Waals surface area contributed by atoms with Crippen molar-refractivity contribution in [1.82, 2.24) is 15.6 Å². The first-order valence-electron chi connectivity index (χ1n) is 9.31. The quantitative estimate of drug-likeness (QED) is 0.269. The molecule has 8 heteroatoms. The van der Waals surface area contributed by atoms with Crippen LogP contribution in [0.5, 0.6) is 11.5 Å². The van der Waals surface area contributed by atoms with Crippen molar-refractivity contribution < 1.29 is 13.9 Å². The fourth-order valence-electron chi connectivity index (χ4n) is 3.32. The van der Waals surface area contributed by atoms with Crippen LogP contribution in [-0.2, 0) is 12.8 Å². The molecule has 2 aromatic carbocycles. The third-order valence-electron chi connectivity index (χ3n) is 4.78. The molecule has 0 atom stereocenters. The minimum Gasteiger partial charge on any atom is -0.454 e. The first-order valence-corrected chi connectivity index (χ1v) is 9.31. The lowest BCUT2D eigenvalue weighted by atomic mass is 10.1. The molecule has 1 aliphatic heterocycles. The van der Waals surface area contributed by atoms with Crippen LogP contribution in [0, 0.1) is 5.82 Å². The number of halogens is 2. The first-order chi connectivity index (χ1) is 13.7. The van der Waals surface area contributed by atoms with Crippen LogP contribution < -0.4 is 20.1 Å². The number of fused-ring (bicyclic) bond motifs is 2. The zero-order valence-corrected chi connectivity index (χ0v) is 18.5. The summed E-state index contributed by atoms with van der Waals surface area (Å²) >= 11 is 0. The van der Waals surface area contributed by atoms with Gasteiger partial charge < -0.3 is 25.1 Å². The van der Waals surface area contributed by atoms with Crippen molar-refractivity contribution in [2.75, 3.05) is 26.9 Å². The van der Waals surface area contributed by atoms with Crippen molar-refractivity contribution in [3.8, 4) is 11.5 Å². The molecule has 0 amide bonds. The molecule has 0 aliphatic carbocycles. The third kappa shape index (κ3) is 5.11.